The summed E-state index contributed by atoms with van der Waals surface area (Å²) in [6, 6.07) is 10.1. The van der Waals surface area contributed by atoms with Gasteiger partial charge in [-0.05, 0) is 36.6 Å². The average Bonchev–Trinajstić information content (AvgIpc) is 3.16. The summed E-state index contributed by atoms with van der Waals surface area (Å²) < 4.78 is 7.79. The number of benzene rings is 1. The Morgan fingerprint density at radius 3 is 2.60 bits per heavy atom. The molecule has 0 unspecified atom stereocenters. The zero-order valence-corrected chi connectivity index (χ0v) is 11.5. The van der Waals surface area contributed by atoms with E-state index in [-0.39, 0.29) is 6.61 Å². The molecule has 3 rings (SSSR count). The lowest BCUT2D eigenvalue weighted by atomic mass is 10.2. The summed E-state index contributed by atoms with van der Waals surface area (Å²) in [6.45, 7) is 0.546. The zero-order valence-electron chi connectivity index (χ0n) is 11.5. The fraction of sp³-hybridized carbons (Fsp3) is 0.438. The highest BCUT2D eigenvalue weighted by Crippen LogP contribution is 2.28. The van der Waals surface area contributed by atoms with Crippen LogP contribution in [0.25, 0.3) is 0 Å². The Morgan fingerprint density at radius 2 is 1.90 bits per heavy atom. The van der Waals surface area contributed by atoms with Crippen molar-refractivity contribution in [3.63, 3.8) is 0 Å². The standard InChI is InChI=1S/C16H20N2O2/c19-11-13-5-7-16(8-6-13)20-12-14-9-10-18(17-14)15-3-1-2-4-15/h5-10,15,19H,1-4,11-12H2. The third kappa shape index (κ3) is 3.02. The van der Waals surface area contributed by atoms with Crippen molar-refractivity contribution in [2.45, 2.75) is 44.9 Å². The quantitative estimate of drug-likeness (QED) is 0.910. The molecule has 1 aliphatic rings. The first-order valence-corrected chi connectivity index (χ1v) is 7.22. The van der Waals surface area contributed by atoms with Crippen LogP contribution in [0.5, 0.6) is 5.75 Å². The van der Waals surface area contributed by atoms with Gasteiger partial charge in [0.15, 0.2) is 0 Å². The first kappa shape index (κ1) is 13.2. The zero-order chi connectivity index (χ0) is 13.8. The maximum absolute atomic E-state index is 8.99. The van der Waals surface area contributed by atoms with Gasteiger partial charge in [0.2, 0.25) is 0 Å². The summed E-state index contributed by atoms with van der Waals surface area (Å²) in [5.74, 6) is 0.803. The van der Waals surface area contributed by atoms with Gasteiger partial charge in [-0.2, -0.15) is 5.10 Å². The number of ether oxygens (including phenoxy) is 1. The molecule has 20 heavy (non-hydrogen) atoms. The molecule has 1 N–H and O–H groups in total. The highest BCUT2D eigenvalue weighted by atomic mass is 16.5. The number of aromatic nitrogens is 2. The third-order valence-corrected chi connectivity index (χ3v) is 3.86. The molecule has 0 radical (unpaired) electrons. The SMILES string of the molecule is OCc1ccc(OCc2ccn(C3CCCC3)n2)cc1. The maximum atomic E-state index is 8.99. The van der Waals surface area contributed by atoms with Crippen LogP contribution in [-0.2, 0) is 13.2 Å². The Morgan fingerprint density at radius 1 is 1.15 bits per heavy atom. The van der Waals surface area contributed by atoms with Crippen LogP contribution in [0.1, 0.15) is 43.0 Å². The topological polar surface area (TPSA) is 47.3 Å². The van der Waals surface area contributed by atoms with Gasteiger partial charge in [0, 0.05) is 6.20 Å². The van der Waals surface area contributed by atoms with Crippen LogP contribution in [0.2, 0.25) is 0 Å². The minimum atomic E-state index is 0.0616. The van der Waals surface area contributed by atoms with Gasteiger partial charge in [-0.1, -0.05) is 25.0 Å². The molecule has 0 atom stereocenters. The molecule has 2 aromatic rings. The summed E-state index contributed by atoms with van der Waals surface area (Å²) >= 11 is 0. The highest BCUT2D eigenvalue weighted by Gasteiger charge is 2.17. The molecule has 1 saturated carbocycles. The summed E-state index contributed by atoms with van der Waals surface area (Å²) in [5.41, 5.74) is 1.85. The van der Waals surface area contributed by atoms with Crippen LogP contribution in [0.15, 0.2) is 36.5 Å². The molecule has 106 valence electrons. The van der Waals surface area contributed by atoms with E-state index in [4.69, 9.17) is 9.84 Å². The molecule has 1 fully saturated rings. The molecular formula is C16H20N2O2. The molecule has 4 nitrogen and oxygen atoms in total. The Labute approximate surface area is 119 Å². The molecule has 4 heteroatoms. The number of rotatable bonds is 5. The molecule has 1 aromatic carbocycles. The van der Waals surface area contributed by atoms with Crippen molar-refractivity contribution in [2.24, 2.45) is 0 Å². The predicted molar refractivity (Wildman–Crippen MR) is 76.4 cm³/mol. The molecule has 0 aliphatic heterocycles. The van der Waals surface area contributed by atoms with Crippen LogP contribution in [-0.4, -0.2) is 14.9 Å². The fourth-order valence-electron chi connectivity index (χ4n) is 2.67. The van der Waals surface area contributed by atoms with E-state index in [9.17, 15) is 0 Å². The monoisotopic (exact) mass is 272 g/mol. The first-order chi connectivity index (χ1) is 9.85. The first-order valence-electron chi connectivity index (χ1n) is 7.22. The largest absolute Gasteiger partial charge is 0.487 e. The minimum Gasteiger partial charge on any atom is -0.487 e. The normalized spacial score (nSPS) is 15.7. The Kier molecular flexibility index (Phi) is 4.02. The van der Waals surface area contributed by atoms with E-state index in [2.05, 4.69) is 16.0 Å². The van der Waals surface area contributed by atoms with Crippen LogP contribution in [0.4, 0.5) is 0 Å². The van der Waals surface area contributed by atoms with Crippen molar-refractivity contribution >= 4 is 0 Å². The van der Waals surface area contributed by atoms with Gasteiger partial charge < -0.3 is 9.84 Å². The number of nitrogens with zero attached hydrogens (tertiary/aromatic N) is 2. The Balaban J connectivity index is 1.57. The van der Waals surface area contributed by atoms with Gasteiger partial charge in [-0.25, -0.2) is 0 Å². The molecule has 0 bridgehead atoms. The van der Waals surface area contributed by atoms with Gasteiger partial charge in [-0.3, -0.25) is 4.68 Å². The minimum absolute atomic E-state index is 0.0616. The second kappa shape index (κ2) is 6.09. The van der Waals surface area contributed by atoms with Gasteiger partial charge in [-0.15, -0.1) is 0 Å². The fourth-order valence-corrected chi connectivity index (χ4v) is 2.67. The van der Waals surface area contributed by atoms with E-state index in [1.54, 1.807) is 0 Å². The van der Waals surface area contributed by atoms with Crippen molar-refractivity contribution in [3.8, 4) is 5.75 Å². The number of aliphatic hydroxyl groups excluding tert-OH is 1. The number of hydrogen-bond donors (Lipinski definition) is 1. The molecule has 0 spiro atoms. The lowest BCUT2D eigenvalue weighted by Crippen LogP contribution is -2.06. The number of aliphatic hydroxyl groups is 1. The van der Waals surface area contributed by atoms with E-state index < -0.39 is 0 Å². The summed E-state index contributed by atoms with van der Waals surface area (Å²) in [4.78, 5) is 0. The summed E-state index contributed by atoms with van der Waals surface area (Å²) in [7, 11) is 0. The lowest BCUT2D eigenvalue weighted by molar-refractivity contribution is 0.280. The molecule has 1 aromatic heterocycles. The van der Waals surface area contributed by atoms with Crippen molar-refractivity contribution < 1.29 is 9.84 Å². The molecule has 1 heterocycles. The highest BCUT2D eigenvalue weighted by molar-refractivity contribution is 5.26. The maximum Gasteiger partial charge on any atom is 0.132 e. The average molecular weight is 272 g/mol. The molecule has 0 saturated heterocycles. The van der Waals surface area contributed by atoms with E-state index in [1.807, 2.05) is 30.3 Å². The summed E-state index contributed by atoms with van der Waals surface area (Å²) in [6.07, 6.45) is 7.17. The molecule has 1 aliphatic carbocycles. The van der Waals surface area contributed by atoms with E-state index in [1.165, 1.54) is 25.7 Å². The van der Waals surface area contributed by atoms with Crippen LogP contribution >= 0.6 is 0 Å². The van der Waals surface area contributed by atoms with Crippen LogP contribution in [0.3, 0.4) is 0 Å². The second-order valence-corrected chi connectivity index (χ2v) is 5.32. The predicted octanol–water partition coefficient (Wildman–Crippen LogP) is 3.07. The lowest BCUT2D eigenvalue weighted by Gasteiger charge is -2.09. The van der Waals surface area contributed by atoms with Gasteiger partial charge in [0.1, 0.15) is 12.4 Å². The second-order valence-electron chi connectivity index (χ2n) is 5.32. The van der Waals surface area contributed by atoms with Gasteiger partial charge in [0.25, 0.3) is 0 Å². The third-order valence-electron chi connectivity index (χ3n) is 3.86. The van der Waals surface area contributed by atoms with E-state index >= 15 is 0 Å². The van der Waals surface area contributed by atoms with Gasteiger partial charge >= 0.3 is 0 Å². The smallest absolute Gasteiger partial charge is 0.132 e. The Bertz CT molecular complexity index is 542. The molecule has 0 amide bonds. The van der Waals surface area contributed by atoms with Crippen molar-refractivity contribution in [2.75, 3.05) is 0 Å². The Hall–Kier alpha value is -1.81. The molecular weight excluding hydrogens is 252 g/mol. The van der Waals surface area contributed by atoms with Crippen molar-refractivity contribution in [3.05, 3.63) is 47.8 Å². The van der Waals surface area contributed by atoms with Crippen molar-refractivity contribution in [1.82, 2.24) is 9.78 Å². The van der Waals surface area contributed by atoms with Crippen LogP contribution in [0, 0.1) is 0 Å². The van der Waals surface area contributed by atoms with Gasteiger partial charge in [0.05, 0.1) is 18.3 Å². The van der Waals surface area contributed by atoms with E-state index in [0.29, 0.717) is 12.6 Å². The van der Waals surface area contributed by atoms with E-state index in [0.717, 1.165) is 17.0 Å². The van der Waals surface area contributed by atoms with Crippen molar-refractivity contribution in [1.29, 1.82) is 0 Å². The number of hydrogen-bond acceptors (Lipinski definition) is 3. The summed E-state index contributed by atoms with van der Waals surface area (Å²) in [5, 5.41) is 13.6. The van der Waals surface area contributed by atoms with Crippen LogP contribution < -0.4 is 4.74 Å².